The van der Waals surface area contributed by atoms with Crippen LogP contribution < -0.4 is 5.32 Å². The number of hydrogen-bond donors (Lipinski definition) is 1. The second-order valence-electron chi connectivity index (χ2n) is 4.84. The zero-order valence-electron chi connectivity index (χ0n) is 12.0. The molecule has 1 aliphatic rings. The van der Waals surface area contributed by atoms with Crippen LogP contribution in [0.5, 0.6) is 0 Å². The zero-order valence-corrected chi connectivity index (χ0v) is 12.0. The Morgan fingerprint density at radius 3 is 2.32 bits per heavy atom. The Bertz CT molecular complexity index is 299. The van der Waals surface area contributed by atoms with Crippen molar-refractivity contribution in [1.82, 2.24) is 10.2 Å². The van der Waals surface area contributed by atoms with E-state index < -0.39 is 6.41 Å². The van der Waals surface area contributed by atoms with Crippen LogP contribution in [-0.2, 0) is 19.1 Å². The van der Waals surface area contributed by atoms with Gasteiger partial charge in [0.25, 0.3) is 0 Å². The Kier molecular flexibility index (Phi) is 6.80. The van der Waals surface area contributed by atoms with Gasteiger partial charge in [0.15, 0.2) is 0 Å². The highest BCUT2D eigenvalue weighted by molar-refractivity contribution is 5.85. The standard InChI is InChI=1S/C13H24N2O4/c1-15(13(18-2)19-3)11(16)9-14-12(17)10-7-5-4-6-8-10/h10,13H,4-9H2,1-3H3,(H,14,17). The molecule has 110 valence electrons. The van der Waals surface area contributed by atoms with Gasteiger partial charge in [0.05, 0.1) is 6.54 Å². The first-order valence-electron chi connectivity index (χ1n) is 6.69. The van der Waals surface area contributed by atoms with Crippen molar-refractivity contribution in [3.05, 3.63) is 0 Å². The number of nitrogens with zero attached hydrogens (tertiary/aromatic N) is 1. The maximum atomic E-state index is 11.9. The molecule has 19 heavy (non-hydrogen) atoms. The molecule has 0 spiro atoms. The number of amides is 2. The Balaban J connectivity index is 2.34. The quantitative estimate of drug-likeness (QED) is 0.723. The average molecular weight is 272 g/mol. The van der Waals surface area contributed by atoms with Crippen molar-refractivity contribution >= 4 is 11.8 Å². The molecular weight excluding hydrogens is 248 g/mol. The Labute approximate surface area is 114 Å². The summed E-state index contributed by atoms with van der Waals surface area (Å²) in [7, 11) is 4.49. The number of methoxy groups -OCH3 is 2. The van der Waals surface area contributed by atoms with E-state index in [4.69, 9.17) is 9.47 Å². The van der Waals surface area contributed by atoms with E-state index in [0.29, 0.717) is 0 Å². The number of nitrogens with one attached hydrogen (secondary N) is 1. The van der Waals surface area contributed by atoms with Crippen LogP contribution in [0.3, 0.4) is 0 Å². The molecule has 1 saturated carbocycles. The predicted molar refractivity (Wildman–Crippen MR) is 70.2 cm³/mol. The van der Waals surface area contributed by atoms with Crippen LogP contribution in [0.1, 0.15) is 32.1 Å². The van der Waals surface area contributed by atoms with Gasteiger partial charge in [-0.2, -0.15) is 0 Å². The fourth-order valence-corrected chi connectivity index (χ4v) is 2.33. The first-order chi connectivity index (χ1) is 9.10. The van der Waals surface area contributed by atoms with Crippen molar-refractivity contribution in [3.8, 4) is 0 Å². The number of ether oxygens (including phenoxy) is 2. The molecule has 1 rings (SSSR count). The lowest BCUT2D eigenvalue weighted by Gasteiger charge is -2.26. The van der Waals surface area contributed by atoms with Crippen molar-refractivity contribution < 1.29 is 19.1 Å². The van der Waals surface area contributed by atoms with E-state index in [1.54, 1.807) is 7.05 Å². The summed E-state index contributed by atoms with van der Waals surface area (Å²) < 4.78 is 9.95. The molecule has 0 atom stereocenters. The second kappa shape index (κ2) is 8.12. The van der Waals surface area contributed by atoms with Crippen molar-refractivity contribution in [1.29, 1.82) is 0 Å². The molecule has 0 aromatic carbocycles. The topological polar surface area (TPSA) is 67.9 Å². The molecule has 1 aliphatic carbocycles. The van der Waals surface area contributed by atoms with Crippen LogP contribution in [0, 0.1) is 5.92 Å². The molecule has 0 aliphatic heterocycles. The molecule has 0 radical (unpaired) electrons. The summed E-state index contributed by atoms with van der Waals surface area (Å²) in [6, 6.07) is 0. The van der Waals surface area contributed by atoms with Crippen LogP contribution >= 0.6 is 0 Å². The Hall–Kier alpha value is -1.14. The van der Waals surface area contributed by atoms with E-state index in [9.17, 15) is 9.59 Å². The van der Waals surface area contributed by atoms with Gasteiger partial charge in [0, 0.05) is 27.2 Å². The molecule has 0 unspecified atom stereocenters. The fraction of sp³-hybridized carbons (Fsp3) is 0.846. The summed E-state index contributed by atoms with van der Waals surface area (Å²) in [6.07, 6.45) is 4.53. The minimum Gasteiger partial charge on any atom is -0.347 e. The lowest BCUT2D eigenvalue weighted by molar-refractivity contribution is -0.194. The molecule has 1 N–H and O–H groups in total. The Morgan fingerprint density at radius 1 is 1.21 bits per heavy atom. The maximum absolute atomic E-state index is 11.9. The van der Waals surface area contributed by atoms with Gasteiger partial charge in [-0.15, -0.1) is 0 Å². The summed E-state index contributed by atoms with van der Waals surface area (Å²) in [6.45, 7) is -0.0188. The third-order valence-electron chi connectivity index (χ3n) is 3.50. The van der Waals surface area contributed by atoms with Crippen molar-refractivity contribution in [2.24, 2.45) is 5.92 Å². The van der Waals surface area contributed by atoms with Gasteiger partial charge in [0.2, 0.25) is 18.2 Å². The third kappa shape index (κ3) is 4.80. The van der Waals surface area contributed by atoms with Crippen LogP contribution in [-0.4, -0.2) is 50.9 Å². The number of rotatable bonds is 6. The highest BCUT2D eigenvalue weighted by Gasteiger charge is 2.23. The highest BCUT2D eigenvalue weighted by Crippen LogP contribution is 2.23. The van der Waals surface area contributed by atoms with Gasteiger partial charge in [-0.3, -0.25) is 14.5 Å². The summed E-state index contributed by atoms with van der Waals surface area (Å²) >= 11 is 0. The maximum Gasteiger partial charge on any atom is 0.245 e. The van der Waals surface area contributed by atoms with Crippen LogP contribution in [0.4, 0.5) is 0 Å². The Morgan fingerprint density at radius 2 is 1.79 bits per heavy atom. The number of carbonyl (C=O) groups excluding carboxylic acids is 2. The molecule has 6 heteroatoms. The fourth-order valence-electron chi connectivity index (χ4n) is 2.33. The minimum atomic E-state index is -0.723. The van der Waals surface area contributed by atoms with Crippen LogP contribution in [0.15, 0.2) is 0 Å². The summed E-state index contributed by atoms with van der Waals surface area (Å²) in [4.78, 5) is 25.1. The molecule has 0 heterocycles. The molecule has 0 aromatic heterocycles. The van der Waals surface area contributed by atoms with Gasteiger partial charge < -0.3 is 14.8 Å². The minimum absolute atomic E-state index is 0.0188. The predicted octanol–water partition coefficient (Wildman–Crippen LogP) is 0.718. The van der Waals surface area contributed by atoms with Crippen LogP contribution in [0.2, 0.25) is 0 Å². The summed E-state index contributed by atoms with van der Waals surface area (Å²) in [5.41, 5.74) is 0. The molecule has 2 amide bonds. The first-order valence-corrected chi connectivity index (χ1v) is 6.69. The second-order valence-corrected chi connectivity index (χ2v) is 4.84. The van der Waals surface area contributed by atoms with Crippen molar-refractivity contribution in [2.75, 3.05) is 27.8 Å². The van der Waals surface area contributed by atoms with E-state index >= 15 is 0 Å². The molecule has 1 fully saturated rings. The largest absolute Gasteiger partial charge is 0.347 e. The summed E-state index contributed by atoms with van der Waals surface area (Å²) in [5, 5.41) is 2.69. The van der Waals surface area contributed by atoms with E-state index in [1.165, 1.54) is 25.5 Å². The lowest BCUT2D eigenvalue weighted by atomic mass is 9.89. The van der Waals surface area contributed by atoms with Gasteiger partial charge in [0.1, 0.15) is 0 Å². The number of likely N-dealkylation sites (N-methyl/N-ethyl adjacent to an activating group) is 1. The van der Waals surface area contributed by atoms with Gasteiger partial charge >= 0.3 is 0 Å². The van der Waals surface area contributed by atoms with Crippen molar-refractivity contribution in [3.63, 3.8) is 0 Å². The highest BCUT2D eigenvalue weighted by atomic mass is 16.7. The molecule has 0 bridgehead atoms. The van der Waals surface area contributed by atoms with Crippen molar-refractivity contribution in [2.45, 2.75) is 38.5 Å². The van der Waals surface area contributed by atoms with Gasteiger partial charge in [-0.1, -0.05) is 19.3 Å². The van der Waals surface area contributed by atoms with E-state index in [2.05, 4.69) is 5.32 Å². The van der Waals surface area contributed by atoms with Crippen LogP contribution in [0.25, 0.3) is 0 Å². The number of carbonyl (C=O) groups is 2. The zero-order chi connectivity index (χ0) is 14.3. The number of hydrogen-bond acceptors (Lipinski definition) is 4. The monoisotopic (exact) mass is 272 g/mol. The summed E-state index contributed by atoms with van der Waals surface area (Å²) in [5.74, 6) is -0.196. The normalized spacial score (nSPS) is 16.4. The molecular formula is C13H24N2O4. The molecule has 6 nitrogen and oxygen atoms in total. The van der Waals surface area contributed by atoms with Gasteiger partial charge in [-0.05, 0) is 12.8 Å². The van der Waals surface area contributed by atoms with E-state index in [-0.39, 0.29) is 24.3 Å². The first kappa shape index (κ1) is 15.9. The van der Waals surface area contributed by atoms with E-state index in [0.717, 1.165) is 25.7 Å². The van der Waals surface area contributed by atoms with E-state index in [1.807, 2.05) is 0 Å². The van der Waals surface area contributed by atoms with Gasteiger partial charge in [-0.25, -0.2) is 0 Å². The smallest absolute Gasteiger partial charge is 0.245 e. The molecule has 0 saturated heterocycles. The molecule has 0 aromatic rings. The lowest BCUT2D eigenvalue weighted by Crippen LogP contribution is -2.46. The SMILES string of the molecule is COC(OC)N(C)C(=O)CNC(=O)C1CCCCC1. The third-order valence-corrected chi connectivity index (χ3v) is 3.50. The average Bonchev–Trinajstić information content (AvgIpc) is 2.46.